The van der Waals surface area contributed by atoms with E-state index in [1.165, 1.54) is 0 Å². The lowest BCUT2D eigenvalue weighted by atomic mass is 10.2. The van der Waals surface area contributed by atoms with Crippen LogP contribution in [0.15, 0.2) is 48.5 Å². The molecule has 9 heteroatoms. The first-order valence-electron chi connectivity index (χ1n) is 10.4. The maximum atomic E-state index is 12.4. The molecule has 2 aromatic carbocycles. The highest BCUT2D eigenvalue weighted by Gasteiger charge is 2.22. The summed E-state index contributed by atoms with van der Waals surface area (Å²) in [7, 11) is 0. The molecule has 3 rings (SSSR count). The number of piperazine rings is 1. The molecule has 1 aliphatic rings. The summed E-state index contributed by atoms with van der Waals surface area (Å²) in [6.07, 6.45) is 0. The fraction of sp³-hybridized carbons (Fsp3) is 0.348. The summed E-state index contributed by atoms with van der Waals surface area (Å²) in [4.78, 5) is 40.2. The molecule has 2 aromatic rings. The highest BCUT2D eigenvalue weighted by atomic mass is 35.5. The zero-order valence-electron chi connectivity index (χ0n) is 17.9. The monoisotopic (exact) mass is 459 g/mol. The third-order valence-corrected chi connectivity index (χ3v) is 5.22. The Morgan fingerprint density at radius 2 is 1.75 bits per heavy atom. The minimum Gasteiger partial charge on any atom is -0.494 e. The number of nitrogens with one attached hydrogen (secondary N) is 1. The zero-order chi connectivity index (χ0) is 22.9. The highest BCUT2D eigenvalue weighted by molar-refractivity contribution is 6.30. The van der Waals surface area contributed by atoms with Crippen LogP contribution in [0, 0.1) is 0 Å². The van der Waals surface area contributed by atoms with Gasteiger partial charge in [-0.1, -0.05) is 17.7 Å². The van der Waals surface area contributed by atoms with Crippen molar-refractivity contribution in [2.24, 2.45) is 0 Å². The van der Waals surface area contributed by atoms with E-state index in [1.807, 2.05) is 31.2 Å². The summed E-state index contributed by atoms with van der Waals surface area (Å²) < 4.78 is 10.4. The molecule has 8 nitrogen and oxygen atoms in total. The fourth-order valence-electron chi connectivity index (χ4n) is 3.30. The second-order valence-electron chi connectivity index (χ2n) is 7.15. The molecule has 170 valence electrons. The molecule has 0 bridgehead atoms. The molecule has 0 unspecified atom stereocenters. The number of carbonyl (C=O) groups is 3. The van der Waals surface area contributed by atoms with Crippen LogP contribution in [0.25, 0.3) is 0 Å². The van der Waals surface area contributed by atoms with E-state index in [0.717, 1.165) is 5.69 Å². The molecule has 32 heavy (non-hydrogen) atoms. The first kappa shape index (κ1) is 23.4. The molecule has 1 N–H and O–H groups in total. The van der Waals surface area contributed by atoms with Crippen LogP contribution < -0.4 is 15.0 Å². The number of esters is 1. The smallest absolute Gasteiger partial charge is 0.325 e. The van der Waals surface area contributed by atoms with Crippen LogP contribution in [0.2, 0.25) is 5.02 Å². The van der Waals surface area contributed by atoms with Crippen LogP contribution in [0.5, 0.6) is 5.75 Å². The van der Waals surface area contributed by atoms with E-state index in [0.29, 0.717) is 49.1 Å². The predicted molar refractivity (Wildman–Crippen MR) is 121 cm³/mol. The van der Waals surface area contributed by atoms with Crippen molar-refractivity contribution in [3.05, 3.63) is 59.1 Å². The Labute approximate surface area is 192 Å². The minimum absolute atomic E-state index is 0.262. The number of amides is 2. The number of ether oxygens (including phenoxy) is 2. The molecule has 0 saturated carbocycles. The van der Waals surface area contributed by atoms with Gasteiger partial charge in [0.1, 0.15) is 12.3 Å². The molecule has 0 spiro atoms. The van der Waals surface area contributed by atoms with E-state index in [2.05, 4.69) is 10.2 Å². The third kappa shape index (κ3) is 6.62. The summed E-state index contributed by atoms with van der Waals surface area (Å²) in [5.74, 6) is -0.680. The molecule has 2 amide bonds. The molecule has 0 radical (unpaired) electrons. The van der Waals surface area contributed by atoms with Crippen LogP contribution in [0.3, 0.4) is 0 Å². The number of benzene rings is 2. The lowest BCUT2D eigenvalue weighted by molar-refractivity contribution is -0.151. The Balaban J connectivity index is 1.36. The average Bonchev–Trinajstić information content (AvgIpc) is 2.82. The molecule has 0 aromatic heterocycles. The Kier molecular flexibility index (Phi) is 8.33. The molecular formula is C23H26ClN3O5. The fourth-order valence-corrected chi connectivity index (χ4v) is 3.48. The van der Waals surface area contributed by atoms with Crippen molar-refractivity contribution in [1.29, 1.82) is 0 Å². The summed E-state index contributed by atoms with van der Waals surface area (Å²) in [5.41, 5.74) is 1.41. The van der Waals surface area contributed by atoms with Gasteiger partial charge in [0.25, 0.3) is 11.8 Å². The Morgan fingerprint density at radius 3 is 2.41 bits per heavy atom. The molecule has 0 aliphatic carbocycles. The number of halogens is 1. The number of hydrogen-bond donors (Lipinski definition) is 1. The van der Waals surface area contributed by atoms with Crippen LogP contribution in [0.1, 0.15) is 17.3 Å². The van der Waals surface area contributed by atoms with Crippen molar-refractivity contribution in [3.63, 3.8) is 0 Å². The molecule has 1 heterocycles. The maximum absolute atomic E-state index is 12.4. The number of nitrogens with zero attached hydrogens (tertiary/aromatic N) is 2. The quantitative estimate of drug-likeness (QED) is 0.610. The van der Waals surface area contributed by atoms with Gasteiger partial charge in [-0.05, 0) is 49.4 Å². The molecule has 1 aliphatic heterocycles. The molecule has 0 atom stereocenters. The Morgan fingerprint density at radius 1 is 1.03 bits per heavy atom. The number of carbonyl (C=O) groups excluding carboxylic acids is 3. The van der Waals surface area contributed by atoms with Gasteiger partial charge in [0.15, 0.2) is 6.61 Å². The maximum Gasteiger partial charge on any atom is 0.325 e. The molecule has 1 saturated heterocycles. The van der Waals surface area contributed by atoms with Gasteiger partial charge in [0, 0.05) is 42.5 Å². The van der Waals surface area contributed by atoms with Crippen LogP contribution >= 0.6 is 11.6 Å². The largest absolute Gasteiger partial charge is 0.494 e. The predicted octanol–water partition coefficient (Wildman–Crippen LogP) is 2.36. The van der Waals surface area contributed by atoms with Crippen molar-refractivity contribution in [2.45, 2.75) is 6.92 Å². The van der Waals surface area contributed by atoms with E-state index in [-0.39, 0.29) is 19.1 Å². The van der Waals surface area contributed by atoms with Gasteiger partial charge in [0.05, 0.1) is 6.61 Å². The van der Waals surface area contributed by atoms with E-state index in [4.69, 9.17) is 21.1 Å². The topological polar surface area (TPSA) is 88.2 Å². The van der Waals surface area contributed by atoms with Gasteiger partial charge in [-0.2, -0.15) is 0 Å². The first-order valence-corrected chi connectivity index (χ1v) is 10.8. The zero-order valence-corrected chi connectivity index (χ0v) is 18.6. The summed E-state index contributed by atoms with van der Waals surface area (Å²) in [6, 6.07) is 14.2. The van der Waals surface area contributed by atoms with Crippen molar-refractivity contribution in [3.8, 4) is 5.75 Å². The number of hydrogen-bond acceptors (Lipinski definition) is 6. The Hall–Kier alpha value is -3.26. The lowest BCUT2D eigenvalue weighted by Crippen LogP contribution is -2.50. The standard InChI is InChI=1S/C23H26ClN3O5/c1-2-31-20-8-6-17(7-9-20)23(30)25-15-22(29)32-16-21(28)27-12-10-26(11-13-27)19-5-3-4-18(24)14-19/h3-9,14H,2,10-13,15-16H2,1H3,(H,25,30). The second-order valence-corrected chi connectivity index (χ2v) is 7.58. The highest BCUT2D eigenvalue weighted by Crippen LogP contribution is 2.20. The van der Waals surface area contributed by atoms with Gasteiger partial charge in [0.2, 0.25) is 0 Å². The van der Waals surface area contributed by atoms with Crippen molar-refractivity contribution < 1.29 is 23.9 Å². The van der Waals surface area contributed by atoms with Crippen molar-refractivity contribution >= 4 is 35.1 Å². The molecule has 1 fully saturated rings. The van der Waals surface area contributed by atoms with Crippen LogP contribution in [0.4, 0.5) is 5.69 Å². The van der Waals surface area contributed by atoms with Gasteiger partial charge in [-0.3, -0.25) is 14.4 Å². The van der Waals surface area contributed by atoms with Crippen LogP contribution in [-0.2, 0) is 14.3 Å². The van der Waals surface area contributed by atoms with Gasteiger partial charge in [-0.15, -0.1) is 0 Å². The van der Waals surface area contributed by atoms with Gasteiger partial charge < -0.3 is 24.6 Å². The van der Waals surface area contributed by atoms with E-state index in [9.17, 15) is 14.4 Å². The SMILES string of the molecule is CCOc1ccc(C(=O)NCC(=O)OCC(=O)N2CCN(c3cccc(Cl)c3)CC2)cc1. The molecular weight excluding hydrogens is 434 g/mol. The average molecular weight is 460 g/mol. The van der Waals surface area contributed by atoms with E-state index in [1.54, 1.807) is 29.2 Å². The number of rotatable bonds is 8. The van der Waals surface area contributed by atoms with Gasteiger partial charge >= 0.3 is 5.97 Å². The van der Waals surface area contributed by atoms with Gasteiger partial charge in [-0.25, -0.2) is 0 Å². The summed E-state index contributed by atoms with van der Waals surface area (Å²) in [6.45, 7) is 4.12. The minimum atomic E-state index is -0.671. The van der Waals surface area contributed by atoms with Crippen molar-refractivity contribution in [1.82, 2.24) is 10.2 Å². The first-order chi connectivity index (χ1) is 15.5. The normalized spacial score (nSPS) is 13.4. The van der Waals surface area contributed by atoms with Crippen molar-refractivity contribution in [2.75, 3.05) is 50.8 Å². The lowest BCUT2D eigenvalue weighted by Gasteiger charge is -2.36. The summed E-state index contributed by atoms with van der Waals surface area (Å²) in [5, 5.41) is 3.15. The Bertz CT molecular complexity index is 943. The second kappa shape index (κ2) is 11.4. The van der Waals surface area contributed by atoms with E-state index >= 15 is 0 Å². The number of anilines is 1. The van der Waals surface area contributed by atoms with Crippen LogP contribution in [-0.4, -0.2) is 68.6 Å². The third-order valence-electron chi connectivity index (χ3n) is 4.98. The van der Waals surface area contributed by atoms with E-state index < -0.39 is 11.9 Å². The summed E-state index contributed by atoms with van der Waals surface area (Å²) >= 11 is 6.04.